The summed E-state index contributed by atoms with van der Waals surface area (Å²) >= 11 is 0. The highest BCUT2D eigenvalue weighted by Gasteiger charge is 2.33. The van der Waals surface area contributed by atoms with Crippen LogP contribution in [0.1, 0.15) is 30.5 Å². The number of carbonyl (C=O) groups excluding carboxylic acids is 2. The molecule has 8 heteroatoms. The Morgan fingerprint density at radius 3 is 2.89 bits per heavy atom. The molecule has 2 aromatic rings. The molecule has 1 heterocycles. The van der Waals surface area contributed by atoms with Crippen molar-refractivity contribution in [2.45, 2.75) is 44.4 Å². The van der Waals surface area contributed by atoms with Crippen LogP contribution in [-0.4, -0.2) is 46.4 Å². The van der Waals surface area contributed by atoms with Crippen LogP contribution in [0, 0.1) is 5.92 Å². The molecular formula is C20H26N4O4. The predicted octanol–water partition coefficient (Wildman–Crippen LogP) is 0.923. The number of benzene rings is 1. The van der Waals surface area contributed by atoms with E-state index in [1.807, 2.05) is 24.3 Å². The maximum atomic E-state index is 12.5. The largest absolute Gasteiger partial charge is 0.497 e. The Morgan fingerprint density at radius 2 is 2.18 bits per heavy atom. The molecule has 0 radical (unpaired) electrons. The summed E-state index contributed by atoms with van der Waals surface area (Å²) < 4.78 is 5.18. The standard InChI is InChI=1S/C20H26N4O4/c1-28-16-4-2-3-13(9-16)12-21-20(27)14-5-6-17(18(25)10-14)23-19(26)11-15-7-8-22-24-15/h2-4,7-9,14,17-18,25H,5-6,10-12H2,1H3,(H,21,27)(H,22,24)(H,23,26)/t14-,17+,18+/m0/s1. The molecule has 0 aliphatic heterocycles. The van der Waals surface area contributed by atoms with Crippen molar-refractivity contribution in [1.82, 2.24) is 20.8 Å². The Hall–Kier alpha value is -2.87. The van der Waals surface area contributed by atoms with Gasteiger partial charge in [0.25, 0.3) is 0 Å². The highest BCUT2D eigenvalue weighted by atomic mass is 16.5. The van der Waals surface area contributed by atoms with Crippen LogP contribution >= 0.6 is 0 Å². The smallest absolute Gasteiger partial charge is 0.226 e. The summed E-state index contributed by atoms with van der Waals surface area (Å²) in [5.74, 6) is 0.230. The van der Waals surface area contributed by atoms with Crippen LogP contribution in [0.15, 0.2) is 36.5 Å². The van der Waals surface area contributed by atoms with Gasteiger partial charge in [0.15, 0.2) is 0 Å². The molecule has 3 atom stereocenters. The molecule has 3 rings (SSSR count). The Kier molecular flexibility index (Phi) is 6.65. The highest BCUT2D eigenvalue weighted by molar-refractivity contribution is 5.79. The van der Waals surface area contributed by atoms with E-state index in [0.717, 1.165) is 17.0 Å². The number of aromatic nitrogens is 2. The van der Waals surface area contributed by atoms with Crippen LogP contribution in [0.25, 0.3) is 0 Å². The van der Waals surface area contributed by atoms with E-state index in [0.29, 0.717) is 25.8 Å². The first-order valence-corrected chi connectivity index (χ1v) is 9.41. The summed E-state index contributed by atoms with van der Waals surface area (Å²) in [6.45, 7) is 0.410. The summed E-state index contributed by atoms with van der Waals surface area (Å²) in [4.78, 5) is 24.6. The lowest BCUT2D eigenvalue weighted by atomic mass is 9.83. The zero-order valence-electron chi connectivity index (χ0n) is 15.9. The number of aliphatic hydroxyl groups excluding tert-OH is 1. The van der Waals surface area contributed by atoms with Crippen molar-refractivity contribution in [2.75, 3.05) is 7.11 Å². The zero-order chi connectivity index (χ0) is 19.9. The van der Waals surface area contributed by atoms with Gasteiger partial charge in [-0.2, -0.15) is 5.10 Å². The van der Waals surface area contributed by atoms with Crippen LogP contribution < -0.4 is 15.4 Å². The molecule has 0 bridgehead atoms. The number of nitrogens with zero attached hydrogens (tertiary/aromatic N) is 1. The van der Waals surface area contributed by atoms with Crippen LogP contribution in [0.3, 0.4) is 0 Å². The van der Waals surface area contributed by atoms with Crippen LogP contribution in [0.5, 0.6) is 5.75 Å². The van der Waals surface area contributed by atoms with Gasteiger partial charge < -0.3 is 20.5 Å². The van der Waals surface area contributed by atoms with Crippen molar-refractivity contribution < 1.29 is 19.4 Å². The first-order chi connectivity index (χ1) is 13.5. The molecule has 0 saturated heterocycles. The average molecular weight is 386 g/mol. The van der Waals surface area contributed by atoms with Gasteiger partial charge in [-0.15, -0.1) is 0 Å². The maximum Gasteiger partial charge on any atom is 0.226 e. The Balaban J connectivity index is 1.44. The summed E-state index contributed by atoms with van der Waals surface area (Å²) in [5, 5.41) is 22.7. The van der Waals surface area contributed by atoms with Gasteiger partial charge in [0.05, 0.1) is 25.7 Å². The number of hydrogen-bond donors (Lipinski definition) is 4. The van der Waals surface area contributed by atoms with Gasteiger partial charge in [-0.05, 0) is 43.0 Å². The fourth-order valence-corrected chi connectivity index (χ4v) is 3.48. The van der Waals surface area contributed by atoms with E-state index in [1.165, 1.54) is 0 Å². The predicted molar refractivity (Wildman–Crippen MR) is 102 cm³/mol. The Bertz CT molecular complexity index is 793. The van der Waals surface area contributed by atoms with Gasteiger partial charge in [0.2, 0.25) is 11.8 Å². The van der Waals surface area contributed by atoms with Gasteiger partial charge >= 0.3 is 0 Å². The van der Waals surface area contributed by atoms with Crippen molar-refractivity contribution in [3.05, 3.63) is 47.8 Å². The van der Waals surface area contributed by atoms with Gasteiger partial charge in [0.1, 0.15) is 5.75 Å². The SMILES string of the molecule is COc1cccc(CNC(=O)[C@H]2CC[C@@H](NC(=O)Cc3ccn[nH]3)[C@H](O)C2)c1. The molecule has 1 aliphatic rings. The third-order valence-corrected chi connectivity index (χ3v) is 5.04. The first kappa shape index (κ1) is 19.9. The van der Waals surface area contributed by atoms with Gasteiger partial charge in [-0.25, -0.2) is 0 Å². The van der Waals surface area contributed by atoms with E-state index >= 15 is 0 Å². The average Bonchev–Trinajstić information content (AvgIpc) is 3.20. The van der Waals surface area contributed by atoms with Gasteiger partial charge in [0, 0.05) is 24.4 Å². The fourth-order valence-electron chi connectivity index (χ4n) is 3.48. The third-order valence-electron chi connectivity index (χ3n) is 5.04. The van der Waals surface area contributed by atoms with E-state index in [1.54, 1.807) is 19.4 Å². The number of nitrogens with one attached hydrogen (secondary N) is 3. The summed E-state index contributed by atoms with van der Waals surface area (Å²) in [6, 6.07) is 8.92. The molecular weight excluding hydrogens is 360 g/mol. The Morgan fingerprint density at radius 1 is 1.32 bits per heavy atom. The fraction of sp³-hybridized carbons (Fsp3) is 0.450. The quantitative estimate of drug-likeness (QED) is 0.565. The van der Waals surface area contributed by atoms with Gasteiger partial charge in [-0.3, -0.25) is 14.7 Å². The van der Waals surface area contributed by atoms with Crippen LogP contribution in [-0.2, 0) is 22.6 Å². The third kappa shape index (κ3) is 5.32. The molecule has 1 saturated carbocycles. The normalized spacial score (nSPS) is 21.7. The number of carbonyl (C=O) groups is 2. The molecule has 1 aromatic heterocycles. The van der Waals surface area contributed by atoms with E-state index in [2.05, 4.69) is 20.8 Å². The van der Waals surface area contributed by atoms with Crippen molar-refractivity contribution in [1.29, 1.82) is 0 Å². The number of amides is 2. The molecule has 150 valence electrons. The van der Waals surface area contributed by atoms with Gasteiger partial charge in [-0.1, -0.05) is 12.1 Å². The number of H-pyrrole nitrogens is 1. The number of aromatic amines is 1. The molecule has 4 N–H and O–H groups in total. The lowest BCUT2D eigenvalue weighted by Gasteiger charge is -2.33. The maximum absolute atomic E-state index is 12.5. The molecule has 2 amide bonds. The lowest BCUT2D eigenvalue weighted by molar-refractivity contribution is -0.128. The lowest BCUT2D eigenvalue weighted by Crippen LogP contribution is -2.49. The molecule has 1 aromatic carbocycles. The number of ether oxygens (including phenoxy) is 1. The van der Waals surface area contributed by atoms with E-state index in [4.69, 9.17) is 4.74 Å². The summed E-state index contributed by atoms with van der Waals surface area (Å²) in [6.07, 6.45) is 2.55. The van der Waals surface area contributed by atoms with E-state index in [-0.39, 0.29) is 30.2 Å². The van der Waals surface area contributed by atoms with Crippen molar-refractivity contribution >= 4 is 11.8 Å². The van der Waals surface area contributed by atoms with Crippen molar-refractivity contribution in [3.8, 4) is 5.75 Å². The topological polar surface area (TPSA) is 116 Å². The minimum atomic E-state index is -0.743. The minimum absolute atomic E-state index is 0.0795. The molecule has 1 fully saturated rings. The molecule has 28 heavy (non-hydrogen) atoms. The number of hydrogen-bond acceptors (Lipinski definition) is 5. The second-order valence-electron chi connectivity index (χ2n) is 7.08. The molecule has 0 spiro atoms. The van der Waals surface area contributed by atoms with Crippen molar-refractivity contribution in [2.24, 2.45) is 5.92 Å². The van der Waals surface area contributed by atoms with Crippen LogP contribution in [0.4, 0.5) is 0 Å². The first-order valence-electron chi connectivity index (χ1n) is 9.41. The second-order valence-corrected chi connectivity index (χ2v) is 7.08. The Labute approximate surface area is 163 Å². The summed E-state index contributed by atoms with van der Waals surface area (Å²) in [7, 11) is 1.60. The van der Waals surface area contributed by atoms with Crippen molar-refractivity contribution in [3.63, 3.8) is 0 Å². The van der Waals surface area contributed by atoms with E-state index in [9.17, 15) is 14.7 Å². The zero-order valence-corrected chi connectivity index (χ0v) is 15.9. The van der Waals surface area contributed by atoms with E-state index < -0.39 is 6.10 Å². The minimum Gasteiger partial charge on any atom is -0.497 e. The second kappa shape index (κ2) is 9.36. The monoisotopic (exact) mass is 386 g/mol. The number of aliphatic hydroxyl groups is 1. The molecule has 1 aliphatic carbocycles. The number of methoxy groups -OCH3 is 1. The summed E-state index contributed by atoms with van der Waals surface area (Å²) in [5.41, 5.74) is 1.67. The molecule has 0 unspecified atom stereocenters. The number of rotatable bonds is 7. The molecule has 8 nitrogen and oxygen atoms in total. The van der Waals surface area contributed by atoms with Crippen LogP contribution in [0.2, 0.25) is 0 Å². The highest BCUT2D eigenvalue weighted by Crippen LogP contribution is 2.25.